The highest BCUT2D eigenvalue weighted by molar-refractivity contribution is 7.13. The molecule has 1 unspecified atom stereocenters. The van der Waals surface area contributed by atoms with E-state index in [0.29, 0.717) is 22.9 Å². The van der Waals surface area contributed by atoms with Crippen molar-refractivity contribution in [1.82, 2.24) is 10.3 Å². The van der Waals surface area contributed by atoms with Crippen molar-refractivity contribution in [1.29, 1.82) is 0 Å². The van der Waals surface area contributed by atoms with E-state index in [0.717, 1.165) is 5.01 Å². The highest BCUT2D eigenvalue weighted by atomic mass is 32.1. The zero-order valence-electron chi connectivity index (χ0n) is 11.1. The van der Waals surface area contributed by atoms with Gasteiger partial charge in [0, 0.05) is 0 Å². The van der Waals surface area contributed by atoms with E-state index in [-0.39, 0.29) is 0 Å². The third-order valence-electron chi connectivity index (χ3n) is 2.37. The molecule has 106 valence electrons. The third kappa shape index (κ3) is 4.27. The normalized spacial score (nSPS) is 12.5. The van der Waals surface area contributed by atoms with Gasteiger partial charge in [0.2, 0.25) is 0 Å². The monoisotopic (exact) mass is 288 g/mol. The Labute approximate surface area is 114 Å². The molecule has 1 aromatic heterocycles. The number of aromatic nitrogens is 1. The van der Waals surface area contributed by atoms with Gasteiger partial charge in [-0.3, -0.25) is 4.79 Å². The van der Waals surface area contributed by atoms with E-state index in [1.807, 2.05) is 13.8 Å². The van der Waals surface area contributed by atoms with Gasteiger partial charge in [-0.05, 0) is 19.3 Å². The Bertz CT molecular complexity index is 474. The Kier molecular flexibility index (Phi) is 5.41. The Morgan fingerprint density at radius 3 is 2.58 bits per heavy atom. The molecule has 0 aliphatic carbocycles. The van der Waals surface area contributed by atoms with Gasteiger partial charge in [0.25, 0.3) is 5.91 Å². The van der Waals surface area contributed by atoms with Gasteiger partial charge in [-0.2, -0.15) is 0 Å². The second-order valence-electron chi connectivity index (χ2n) is 4.63. The zero-order valence-corrected chi connectivity index (χ0v) is 11.9. The van der Waals surface area contributed by atoms with E-state index in [1.54, 1.807) is 6.92 Å². The molecular formula is C12H17FN2O3S. The lowest BCUT2D eigenvalue weighted by Crippen LogP contribution is -2.42. The first kappa shape index (κ1) is 15.6. The predicted molar refractivity (Wildman–Crippen MR) is 70.3 cm³/mol. The van der Waals surface area contributed by atoms with Gasteiger partial charge in [0.05, 0.1) is 10.7 Å². The SMILES string of the molecule is Cc1nc(CC(C)C)c(C(=O)NC(CF)C(=O)O)s1. The summed E-state index contributed by atoms with van der Waals surface area (Å²) in [7, 11) is 0. The summed E-state index contributed by atoms with van der Waals surface area (Å²) in [5.41, 5.74) is 0.637. The van der Waals surface area contributed by atoms with Crippen molar-refractivity contribution in [2.75, 3.05) is 6.67 Å². The second-order valence-corrected chi connectivity index (χ2v) is 5.83. The van der Waals surface area contributed by atoms with Crippen LogP contribution in [-0.2, 0) is 11.2 Å². The molecule has 1 rings (SSSR count). The lowest BCUT2D eigenvalue weighted by Gasteiger charge is -2.10. The Morgan fingerprint density at radius 2 is 2.11 bits per heavy atom. The van der Waals surface area contributed by atoms with Crippen LogP contribution in [0.15, 0.2) is 0 Å². The lowest BCUT2D eigenvalue weighted by molar-refractivity contribution is -0.139. The third-order valence-corrected chi connectivity index (χ3v) is 3.38. The van der Waals surface area contributed by atoms with E-state index in [9.17, 15) is 14.0 Å². The minimum atomic E-state index is -1.51. The van der Waals surface area contributed by atoms with Crippen LogP contribution in [0.3, 0.4) is 0 Å². The van der Waals surface area contributed by atoms with E-state index in [1.165, 1.54) is 11.3 Å². The number of carbonyl (C=O) groups is 2. The molecule has 7 heteroatoms. The highest BCUT2D eigenvalue weighted by Gasteiger charge is 2.24. The van der Waals surface area contributed by atoms with Crippen molar-refractivity contribution >= 4 is 23.2 Å². The number of aryl methyl sites for hydroxylation is 1. The molecule has 0 radical (unpaired) electrons. The molecule has 5 nitrogen and oxygen atoms in total. The van der Waals surface area contributed by atoms with Crippen molar-refractivity contribution in [3.63, 3.8) is 0 Å². The number of rotatable bonds is 6. The van der Waals surface area contributed by atoms with Crippen LogP contribution in [0.5, 0.6) is 0 Å². The maximum Gasteiger partial charge on any atom is 0.328 e. The molecule has 0 spiro atoms. The fourth-order valence-electron chi connectivity index (χ4n) is 1.56. The summed E-state index contributed by atoms with van der Waals surface area (Å²) in [6.45, 7) is 4.63. The molecule has 0 bridgehead atoms. The van der Waals surface area contributed by atoms with Gasteiger partial charge in [0.1, 0.15) is 11.6 Å². The van der Waals surface area contributed by atoms with Crippen LogP contribution in [0.25, 0.3) is 0 Å². The van der Waals surface area contributed by atoms with Gasteiger partial charge in [-0.15, -0.1) is 11.3 Å². The molecule has 0 aromatic carbocycles. The molecule has 0 aliphatic heterocycles. The Hall–Kier alpha value is -1.50. The maximum absolute atomic E-state index is 12.5. The molecular weight excluding hydrogens is 271 g/mol. The Morgan fingerprint density at radius 1 is 1.47 bits per heavy atom. The van der Waals surface area contributed by atoms with E-state index >= 15 is 0 Å². The first-order valence-corrected chi connectivity index (χ1v) is 6.72. The van der Waals surface area contributed by atoms with Gasteiger partial charge in [0.15, 0.2) is 6.04 Å². The molecule has 2 N–H and O–H groups in total. The molecule has 1 aromatic rings. The van der Waals surface area contributed by atoms with Gasteiger partial charge >= 0.3 is 5.97 Å². The maximum atomic E-state index is 12.5. The minimum Gasteiger partial charge on any atom is -0.480 e. The number of amides is 1. The summed E-state index contributed by atoms with van der Waals surface area (Å²) in [4.78, 5) is 27.3. The van der Waals surface area contributed by atoms with Crippen molar-refractivity contribution in [2.24, 2.45) is 5.92 Å². The van der Waals surface area contributed by atoms with Crippen molar-refractivity contribution < 1.29 is 19.1 Å². The van der Waals surface area contributed by atoms with E-state index in [2.05, 4.69) is 10.3 Å². The number of halogens is 1. The minimum absolute atomic E-state index is 0.324. The summed E-state index contributed by atoms with van der Waals surface area (Å²) < 4.78 is 12.5. The number of alkyl halides is 1. The van der Waals surface area contributed by atoms with Crippen LogP contribution in [0.1, 0.15) is 34.2 Å². The molecule has 1 amide bonds. The number of nitrogens with zero attached hydrogens (tertiary/aromatic N) is 1. The molecule has 1 atom stereocenters. The van der Waals surface area contributed by atoms with Crippen molar-refractivity contribution in [3.05, 3.63) is 15.6 Å². The van der Waals surface area contributed by atoms with Crippen LogP contribution >= 0.6 is 11.3 Å². The van der Waals surface area contributed by atoms with Crippen LogP contribution in [0, 0.1) is 12.8 Å². The van der Waals surface area contributed by atoms with Crippen molar-refractivity contribution in [3.8, 4) is 0 Å². The predicted octanol–water partition coefficient (Wildman–Crippen LogP) is 1.80. The van der Waals surface area contributed by atoms with Gasteiger partial charge in [-0.25, -0.2) is 14.2 Å². The van der Waals surface area contributed by atoms with Crippen LogP contribution < -0.4 is 5.32 Å². The first-order chi connectivity index (χ1) is 8.85. The fraction of sp³-hybridized carbons (Fsp3) is 0.583. The fourth-order valence-corrected chi connectivity index (χ4v) is 2.41. The quantitative estimate of drug-likeness (QED) is 0.836. The zero-order chi connectivity index (χ0) is 14.6. The van der Waals surface area contributed by atoms with Crippen LogP contribution in [-0.4, -0.2) is 34.7 Å². The number of aliphatic carboxylic acids is 1. The molecule has 19 heavy (non-hydrogen) atoms. The number of hydrogen-bond donors (Lipinski definition) is 2. The van der Waals surface area contributed by atoms with Crippen LogP contribution in [0.4, 0.5) is 4.39 Å². The molecule has 0 saturated heterocycles. The topological polar surface area (TPSA) is 79.3 Å². The number of hydrogen-bond acceptors (Lipinski definition) is 4. The molecule has 0 aliphatic rings. The highest BCUT2D eigenvalue weighted by Crippen LogP contribution is 2.20. The summed E-state index contributed by atoms with van der Waals surface area (Å²) in [6, 6.07) is -1.51. The van der Waals surface area contributed by atoms with E-state index < -0.39 is 24.6 Å². The number of carbonyl (C=O) groups excluding carboxylic acids is 1. The summed E-state index contributed by atoms with van der Waals surface area (Å²) in [5, 5.41) is 11.6. The summed E-state index contributed by atoms with van der Waals surface area (Å²) >= 11 is 1.19. The van der Waals surface area contributed by atoms with Gasteiger partial charge in [-0.1, -0.05) is 13.8 Å². The number of carboxylic acids is 1. The largest absolute Gasteiger partial charge is 0.480 e. The Balaban J connectivity index is 2.89. The van der Waals surface area contributed by atoms with Gasteiger partial charge < -0.3 is 10.4 Å². The number of carboxylic acid groups (broad SMARTS) is 1. The number of thiazole rings is 1. The average Bonchev–Trinajstić information content (AvgIpc) is 2.65. The smallest absolute Gasteiger partial charge is 0.328 e. The second kappa shape index (κ2) is 6.60. The molecule has 0 saturated carbocycles. The molecule has 0 fully saturated rings. The summed E-state index contributed by atoms with van der Waals surface area (Å²) in [6.07, 6.45) is 0.625. The van der Waals surface area contributed by atoms with Crippen LogP contribution in [0.2, 0.25) is 0 Å². The average molecular weight is 288 g/mol. The lowest BCUT2D eigenvalue weighted by atomic mass is 10.1. The first-order valence-electron chi connectivity index (χ1n) is 5.91. The standard InChI is InChI=1S/C12H17FN2O3S/c1-6(2)4-8-10(19-7(3)14-8)11(16)15-9(5-13)12(17)18/h6,9H,4-5H2,1-3H3,(H,15,16)(H,17,18). The van der Waals surface area contributed by atoms with Crippen molar-refractivity contribution in [2.45, 2.75) is 33.2 Å². The number of nitrogens with one attached hydrogen (secondary N) is 1. The molecule has 1 heterocycles. The van der Waals surface area contributed by atoms with E-state index in [4.69, 9.17) is 5.11 Å². The summed E-state index contributed by atoms with van der Waals surface area (Å²) in [5.74, 6) is -1.64.